The van der Waals surface area contributed by atoms with E-state index in [1.807, 2.05) is 29.0 Å². The molecule has 7 nitrogen and oxygen atoms in total. The predicted octanol–water partition coefficient (Wildman–Crippen LogP) is 1.82. The zero-order valence-corrected chi connectivity index (χ0v) is 15.8. The predicted molar refractivity (Wildman–Crippen MR) is 96.9 cm³/mol. The Morgan fingerprint density at radius 2 is 1.96 bits per heavy atom. The van der Waals surface area contributed by atoms with Gasteiger partial charge in [-0.25, -0.2) is 9.97 Å². The zero-order valence-electron chi connectivity index (χ0n) is 15.0. The van der Waals surface area contributed by atoms with Crippen LogP contribution in [0.25, 0.3) is 5.82 Å². The van der Waals surface area contributed by atoms with E-state index in [0.29, 0.717) is 13.1 Å². The lowest BCUT2D eigenvalue weighted by molar-refractivity contribution is 0.300. The molecule has 0 atom stereocenters. The lowest BCUT2D eigenvalue weighted by atomic mass is 9.94. The quantitative estimate of drug-likeness (QED) is 0.812. The van der Waals surface area contributed by atoms with E-state index >= 15 is 0 Å². The molecule has 3 heterocycles. The van der Waals surface area contributed by atoms with Gasteiger partial charge in [0, 0.05) is 57.6 Å². The number of piperidine rings is 1. The highest BCUT2D eigenvalue weighted by Gasteiger charge is 2.30. The molecule has 0 saturated carbocycles. The van der Waals surface area contributed by atoms with Gasteiger partial charge in [-0.15, -0.1) is 0 Å². The highest BCUT2D eigenvalue weighted by atomic mass is 32.2. The molecule has 2 aromatic rings. The normalized spacial score (nSPS) is 17.3. The van der Waals surface area contributed by atoms with Gasteiger partial charge in [0.05, 0.1) is 0 Å². The number of hydrogen-bond donors (Lipinski definition) is 0. The van der Waals surface area contributed by atoms with Crippen molar-refractivity contribution in [3.05, 3.63) is 42.1 Å². The second-order valence-electron chi connectivity index (χ2n) is 6.45. The second-order valence-corrected chi connectivity index (χ2v) is 8.59. The number of hydrogen-bond acceptors (Lipinski definition) is 4. The summed E-state index contributed by atoms with van der Waals surface area (Å²) in [5.74, 6) is 2.13. The molecule has 8 heteroatoms. The van der Waals surface area contributed by atoms with Gasteiger partial charge in [0.1, 0.15) is 11.6 Å². The first-order valence-corrected chi connectivity index (χ1v) is 10.00. The monoisotopic (exact) mass is 363 g/mol. The molecule has 0 spiro atoms. The van der Waals surface area contributed by atoms with Gasteiger partial charge in [0.2, 0.25) is 0 Å². The van der Waals surface area contributed by atoms with Gasteiger partial charge in [-0.3, -0.25) is 4.57 Å². The first-order chi connectivity index (χ1) is 11.9. The van der Waals surface area contributed by atoms with Crippen LogP contribution in [-0.2, 0) is 16.6 Å². The van der Waals surface area contributed by atoms with Crippen molar-refractivity contribution >= 4 is 10.2 Å². The van der Waals surface area contributed by atoms with Crippen LogP contribution in [0.15, 0.2) is 30.6 Å². The summed E-state index contributed by atoms with van der Waals surface area (Å²) in [5, 5.41) is 0. The topological polar surface area (TPSA) is 71.3 Å². The number of pyridine rings is 1. The minimum absolute atomic E-state index is 0.280. The van der Waals surface area contributed by atoms with Crippen LogP contribution in [0, 0.1) is 0 Å². The number of rotatable bonds is 5. The van der Waals surface area contributed by atoms with Gasteiger partial charge >= 0.3 is 0 Å². The van der Waals surface area contributed by atoms with Crippen LogP contribution >= 0.6 is 0 Å². The van der Waals surface area contributed by atoms with E-state index in [4.69, 9.17) is 4.98 Å². The molecular weight excluding hydrogens is 338 g/mol. The Labute approximate surface area is 149 Å². The summed E-state index contributed by atoms with van der Waals surface area (Å²) in [4.78, 5) is 9.17. The van der Waals surface area contributed by atoms with Crippen LogP contribution in [0.4, 0.5) is 0 Å². The average molecular weight is 363 g/mol. The molecule has 3 rings (SSSR count). The fourth-order valence-electron chi connectivity index (χ4n) is 3.22. The molecule has 136 valence electrons. The molecule has 0 radical (unpaired) electrons. The maximum absolute atomic E-state index is 12.2. The summed E-state index contributed by atoms with van der Waals surface area (Å²) < 4.78 is 29.3. The van der Waals surface area contributed by atoms with Gasteiger partial charge in [-0.1, -0.05) is 13.0 Å². The van der Waals surface area contributed by atoms with Gasteiger partial charge < -0.3 is 0 Å². The molecule has 1 saturated heterocycles. The highest BCUT2D eigenvalue weighted by molar-refractivity contribution is 7.86. The lowest BCUT2D eigenvalue weighted by Gasteiger charge is -2.32. The van der Waals surface area contributed by atoms with Crippen LogP contribution < -0.4 is 0 Å². The van der Waals surface area contributed by atoms with Gasteiger partial charge in [-0.05, 0) is 25.0 Å². The molecule has 1 aliphatic rings. The van der Waals surface area contributed by atoms with Crippen molar-refractivity contribution in [2.45, 2.75) is 32.1 Å². The van der Waals surface area contributed by atoms with E-state index in [0.717, 1.165) is 36.6 Å². The molecule has 0 N–H and O–H groups in total. The highest BCUT2D eigenvalue weighted by Crippen LogP contribution is 2.29. The van der Waals surface area contributed by atoms with Crippen molar-refractivity contribution in [1.82, 2.24) is 23.1 Å². The Hall–Kier alpha value is -1.77. The summed E-state index contributed by atoms with van der Waals surface area (Å²) in [6.07, 6.45) is 6.14. The third kappa shape index (κ3) is 3.61. The van der Waals surface area contributed by atoms with Crippen molar-refractivity contribution in [2.75, 3.05) is 27.2 Å². The Bertz CT molecular complexity index is 823. The summed E-state index contributed by atoms with van der Waals surface area (Å²) in [6.45, 7) is 3.13. The van der Waals surface area contributed by atoms with Crippen molar-refractivity contribution < 1.29 is 8.42 Å². The summed E-state index contributed by atoms with van der Waals surface area (Å²) in [6, 6.07) is 6.03. The minimum Gasteiger partial charge on any atom is -0.288 e. The zero-order chi connectivity index (χ0) is 18.0. The smallest absolute Gasteiger partial charge is 0.281 e. The van der Waals surface area contributed by atoms with Crippen molar-refractivity contribution in [2.24, 2.45) is 0 Å². The molecule has 2 aromatic heterocycles. The van der Waals surface area contributed by atoms with E-state index in [9.17, 15) is 8.42 Å². The number of nitrogens with zero attached hydrogens (tertiary/aromatic N) is 5. The SMILES string of the molecule is CCc1nccn1-c1cccc(C2CCN(S(=O)(=O)N(C)C)CC2)n1. The van der Waals surface area contributed by atoms with Crippen molar-refractivity contribution in [1.29, 1.82) is 0 Å². The van der Waals surface area contributed by atoms with E-state index < -0.39 is 10.2 Å². The standard InChI is InChI=1S/C17H25N5O2S/c1-4-16-18-10-13-22(16)17-7-5-6-15(19-17)14-8-11-21(12-9-14)25(23,24)20(2)3/h5-7,10,13-14H,4,8-9,11-12H2,1-3H3. The average Bonchev–Trinajstić information content (AvgIpc) is 3.10. The summed E-state index contributed by atoms with van der Waals surface area (Å²) >= 11 is 0. The molecular formula is C17H25N5O2S. The Balaban J connectivity index is 1.76. The number of imidazole rings is 1. The number of aromatic nitrogens is 3. The minimum atomic E-state index is -3.32. The molecule has 25 heavy (non-hydrogen) atoms. The van der Waals surface area contributed by atoms with Crippen LogP contribution in [0.5, 0.6) is 0 Å². The maximum Gasteiger partial charge on any atom is 0.281 e. The molecule has 0 bridgehead atoms. The third-order valence-corrected chi connectivity index (χ3v) is 6.64. The molecule has 0 aliphatic carbocycles. The maximum atomic E-state index is 12.2. The Morgan fingerprint density at radius 1 is 1.24 bits per heavy atom. The largest absolute Gasteiger partial charge is 0.288 e. The molecule has 0 aromatic carbocycles. The molecule has 1 fully saturated rings. The first kappa shape index (κ1) is 18.0. The van der Waals surface area contributed by atoms with Crippen molar-refractivity contribution in [3.8, 4) is 5.82 Å². The van der Waals surface area contributed by atoms with E-state index in [2.05, 4.69) is 11.9 Å². The number of aryl methyl sites for hydroxylation is 1. The lowest BCUT2D eigenvalue weighted by Crippen LogP contribution is -2.44. The fourth-order valence-corrected chi connectivity index (χ4v) is 4.35. The third-order valence-electron chi connectivity index (χ3n) is 4.70. The van der Waals surface area contributed by atoms with E-state index in [1.165, 1.54) is 4.31 Å². The van der Waals surface area contributed by atoms with Gasteiger partial charge in [0.15, 0.2) is 0 Å². The molecule has 1 aliphatic heterocycles. The van der Waals surface area contributed by atoms with E-state index in [1.54, 1.807) is 24.6 Å². The second kappa shape index (κ2) is 7.23. The van der Waals surface area contributed by atoms with Crippen LogP contribution in [0.2, 0.25) is 0 Å². The molecule has 0 amide bonds. The summed E-state index contributed by atoms with van der Waals surface area (Å²) in [7, 11) is -0.180. The Kier molecular flexibility index (Phi) is 5.21. The molecule has 0 unspecified atom stereocenters. The summed E-state index contributed by atoms with van der Waals surface area (Å²) in [5.41, 5.74) is 1.02. The van der Waals surface area contributed by atoms with Crippen molar-refractivity contribution in [3.63, 3.8) is 0 Å². The fraction of sp³-hybridized carbons (Fsp3) is 0.529. The first-order valence-electron chi connectivity index (χ1n) is 8.60. The van der Waals surface area contributed by atoms with Crippen LogP contribution in [-0.4, -0.2) is 58.7 Å². The van der Waals surface area contributed by atoms with Gasteiger partial charge in [-0.2, -0.15) is 17.0 Å². The Morgan fingerprint density at radius 3 is 2.60 bits per heavy atom. The van der Waals surface area contributed by atoms with Crippen LogP contribution in [0.3, 0.4) is 0 Å². The van der Waals surface area contributed by atoms with Crippen LogP contribution in [0.1, 0.15) is 37.2 Å². The van der Waals surface area contributed by atoms with Gasteiger partial charge in [0.25, 0.3) is 10.2 Å². The van der Waals surface area contributed by atoms with E-state index in [-0.39, 0.29) is 5.92 Å².